The average molecular weight is 337 g/mol. The summed E-state index contributed by atoms with van der Waals surface area (Å²) in [6.45, 7) is 7.27. The van der Waals surface area contributed by atoms with E-state index in [9.17, 15) is 0 Å². The number of hydrogen-bond donors (Lipinski definition) is 2. The van der Waals surface area contributed by atoms with E-state index in [1.54, 1.807) is 0 Å². The molecular weight excluding hydrogens is 300 g/mol. The fourth-order valence-electron chi connectivity index (χ4n) is 2.64. The van der Waals surface area contributed by atoms with Crippen LogP contribution in [-0.2, 0) is 0 Å². The topological polar surface area (TPSA) is 70.5 Å². The quantitative estimate of drug-likeness (QED) is 0.502. The summed E-state index contributed by atoms with van der Waals surface area (Å²) in [6.07, 6.45) is 9.12. The van der Waals surface area contributed by atoms with Gasteiger partial charge in [0, 0.05) is 0 Å². The summed E-state index contributed by atoms with van der Waals surface area (Å²) in [7, 11) is 0. The molecule has 0 aliphatic rings. The van der Waals surface area contributed by atoms with Crippen LogP contribution in [0, 0.1) is 13.8 Å². The highest BCUT2D eigenvalue weighted by Crippen LogP contribution is 2.28. The van der Waals surface area contributed by atoms with E-state index in [4.69, 9.17) is 20.9 Å². The lowest BCUT2D eigenvalue weighted by atomic mass is 10.1. The number of aryl methyl sites for hydroxylation is 2. The molecule has 138 valence electrons. The maximum Gasteiger partial charge on any atom is 0.122 e. The van der Waals surface area contributed by atoms with Crippen LogP contribution in [-0.4, -0.2) is 26.3 Å². The van der Waals surface area contributed by atoms with Gasteiger partial charge in [-0.2, -0.15) is 0 Å². The Labute approximate surface area is 147 Å². The SMILES string of the molecule is Cc1cc(OCCCCCCN)c(C)cc1OCCCCCCN. The summed E-state index contributed by atoms with van der Waals surface area (Å²) in [6, 6.07) is 4.19. The Morgan fingerprint density at radius 3 is 1.38 bits per heavy atom. The lowest BCUT2D eigenvalue weighted by Gasteiger charge is -2.14. The molecule has 0 atom stereocenters. The number of unbranched alkanes of at least 4 members (excludes halogenated alkanes) is 6. The van der Waals surface area contributed by atoms with Crippen molar-refractivity contribution in [3.05, 3.63) is 23.3 Å². The van der Waals surface area contributed by atoms with Gasteiger partial charge >= 0.3 is 0 Å². The second kappa shape index (κ2) is 13.1. The summed E-state index contributed by atoms with van der Waals surface area (Å²) < 4.78 is 11.8. The van der Waals surface area contributed by atoms with E-state index in [-0.39, 0.29) is 0 Å². The molecule has 1 aromatic rings. The van der Waals surface area contributed by atoms with E-state index in [1.165, 1.54) is 25.7 Å². The second-order valence-electron chi connectivity index (χ2n) is 6.49. The van der Waals surface area contributed by atoms with Crippen molar-refractivity contribution >= 4 is 0 Å². The van der Waals surface area contributed by atoms with Gasteiger partial charge in [0.15, 0.2) is 0 Å². The third-order valence-electron chi connectivity index (χ3n) is 4.18. The first kappa shape index (κ1) is 20.8. The Hall–Kier alpha value is -1.26. The average Bonchev–Trinajstić information content (AvgIpc) is 2.57. The minimum Gasteiger partial charge on any atom is -0.493 e. The van der Waals surface area contributed by atoms with Crippen LogP contribution in [0.5, 0.6) is 11.5 Å². The van der Waals surface area contributed by atoms with Gasteiger partial charge in [-0.25, -0.2) is 0 Å². The van der Waals surface area contributed by atoms with Crippen molar-refractivity contribution in [2.24, 2.45) is 11.5 Å². The molecule has 0 bridgehead atoms. The van der Waals surface area contributed by atoms with Crippen molar-refractivity contribution in [2.75, 3.05) is 26.3 Å². The van der Waals surface area contributed by atoms with E-state index in [0.29, 0.717) is 0 Å². The predicted octanol–water partition coefficient (Wildman–Crippen LogP) is 4.10. The van der Waals surface area contributed by atoms with Crippen LogP contribution in [0.15, 0.2) is 12.1 Å². The summed E-state index contributed by atoms with van der Waals surface area (Å²) in [4.78, 5) is 0. The molecule has 0 unspecified atom stereocenters. The van der Waals surface area contributed by atoms with Crippen LogP contribution >= 0.6 is 0 Å². The summed E-state index contributed by atoms with van der Waals surface area (Å²) in [5.41, 5.74) is 13.3. The second-order valence-corrected chi connectivity index (χ2v) is 6.49. The Morgan fingerprint density at radius 1 is 0.625 bits per heavy atom. The summed E-state index contributed by atoms with van der Waals surface area (Å²) in [5, 5.41) is 0. The lowest BCUT2D eigenvalue weighted by Crippen LogP contribution is -2.03. The van der Waals surface area contributed by atoms with E-state index in [1.807, 2.05) is 0 Å². The van der Waals surface area contributed by atoms with E-state index < -0.39 is 0 Å². The van der Waals surface area contributed by atoms with Crippen molar-refractivity contribution in [3.8, 4) is 11.5 Å². The molecule has 0 aliphatic heterocycles. The molecule has 0 spiro atoms. The van der Waals surface area contributed by atoms with E-state index in [2.05, 4.69) is 26.0 Å². The minimum absolute atomic E-state index is 0.770. The number of hydrogen-bond acceptors (Lipinski definition) is 4. The Balaban J connectivity index is 2.33. The largest absolute Gasteiger partial charge is 0.493 e. The molecule has 0 saturated heterocycles. The molecule has 1 aromatic carbocycles. The number of nitrogens with two attached hydrogens (primary N) is 2. The van der Waals surface area contributed by atoms with Crippen LogP contribution in [0.1, 0.15) is 62.5 Å². The first-order chi connectivity index (χ1) is 11.7. The zero-order chi connectivity index (χ0) is 17.6. The van der Waals surface area contributed by atoms with Gasteiger partial charge in [-0.1, -0.05) is 25.7 Å². The molecule has 1 rings (SSSR count). The predicted molar refractivity (Wildman–Crippen MR) is 102 cm³/mol. The maximum absolute atomic E-state index is 5.92. The van der Waals surface area contributed by atoms with Gasteiger partial charge in [-0.05, 0) is 75.9 Å². The van der Waals surface area contributed by atoms with Crippen molar-refractivity contribution in [1.82, 2.24) is 0 Å². The fraction of sp³-hybridized carbons (Fsp3) is 0.700. The molecule has 4 nitrogen and oxygen atoms in total. The number of benzene rings is 1. The van der Waals surface area contributed by atoms with Crippen LogP contribution in [0.2, 0.25) is 0 Å². The Kier molecular flexibility index (Phi) is 11.3. The number of ether oxygens (including phenoxy) is 2. The van der Waals surface area contributed by atoms with Gasteiger partial charge in [-0.3, -0.25) is 0 Å². The molecule has 0 aromatic heterocycles. The summed E-state index contributed by atoms with van der Waals surface area (Å²) in [5.74, 6) is 1.95. The molecule has 0 heterocycles. The Bertz CT molecular complexity index is 408. The molecule has 0 saturated carbocycles. The van der Waals surface area contributed by atoms with Gasteiger partial charge in [0.25, 0.3) is 0 Å². The van der Waals surface area contributed by atoms with Gasteiger partial charge in [-0.15, -0.1) is 0 Å². The molecular formula is C20H36N2O2. The highest BCUT2D eigenvalue weighted by Gasteiger charge is 2.07. The molecule has 0 amide bonds. The van der Waals surface area contributed by atoms with Crippen LogP contribution in [0.3, 0.4) is 0 Å². The van der Waals surface area contributed by atoms with Crippen molar-refractivity contribution < 1.29 is 9.47 Å². The third kappa shape index (κ3) is 8.55. The van der Waals surface area contributed by atoms with Gasteiger partial charge in [0.2, 0.25) is 0 Å². The molecule has 4 N–H and O–H groups in total. The first-order valence-corrected chi connectivity index (χ1v) is 9.46. The van der Waals surface area contributed by atoms with Gasteiger partial charge in [0.05, 0.1) is 13.2 Å². The van der Waals surface area contributed by atoms with Crippen molar-refractivity contribution in [2.45, 2.75) is 65.2 Å². The van der Waals surface area contributed by atoms with E-state index in [0.717, 1.165) is 74.6 Å². The molecule has 0 aliphatic carbocycles. The van der Waals surface area contributed by atoms with Crippen molar-refractivity contribution in [1.29, 1.82) is 0 Å². The molecule has 0 radical (unpaired) electrons. The maximum atomic E-state index is 5.92. The molecule has 4 heteroatoms. The van der Waals surface area contributed by atoms with Crippen LogP contribution < -0.4 is 20.9 Å². The molecule has 24 heavy (non-hydrogen) atoms. The Morgan fingerprint density at radius 2 is 1.00 bits per heavy atom. The highest BCUT2D eigenvalue weighted by molar-refractivity contribution is 5.45. The monoisotopic (exact) mass is 336 g/mol. The van der Waals surface area contributed by atoms with Crippen LogP contribution in [0.25, 0.3) is 0 Å². The molecule has 0 fully saturated rings. The van der Waals surface area contributed by atoms with Gasteiger partial charge in [0.1, 0.15) is 11.5 Å². The minimum atomic E-state index is 0.770. The van der Waals surface area contributed by atoms with Crippen molar-refractivity contribution in [3.63, 3.8) is 0 Å². The zero-order valence-corrected chi connectivity index (χ0v) is 15.6. The standard InChI is InChI=1S/C20H36N2O2/c1-17-15-20(24-14-10-6-4-8-12-22)18(2)16-19(17)23-13-9-5-3-7-11-21/h15-16H,3-14,21-22H2,1-2H3. The normalized spacial score (nSPS) is 10.8. The van der Waals surface area contributed by atoms with E-state index >= 15 is 0 Å². The fourth-order valence-corrected chi connectivity index (χ4v) is 2.64. The highest BCUT2D eigenvalue weighted by atomic mass is 16.5. The van der Waals surface area contributed by atoms with Gasteiger partial charge < -0.3 is 20.9 Å². The zero-order valence-electron chi connectivity index (χ0n) is 15.6. The first-order valence-electron chi connectivity index (χ1n) is 9.46. The smallest absolute Gasteiger partial charge is 0.122 e. The third-order valence-corrected chi connectivity index (χ3v) is 4.18. The number of rotatable bonds is 14. The van der Waals surface area contributed by atoms with Crippen LogP contribution in [0.4, 0.5) is 0 Å². The summed E-state index contributed by atoms with van der Waals surface area (Å²) >= 11 is 0. The lowest BCUT2D eigenvalue weighted by molar-refractivity contribution is 0.293.